The van der Waals surface area contributed by atoms with Crippen molar-refractivity contribution in [2.75, 3.05) is 17.2 Å². The number of anilines is 2. The maximum atomic E-state index is 14.3. The van der Waals surface area contributed by atoms with Crippen molar-refractivity contribution >= 4 is 17.4 Å². The lowest BCUT2D eigenvalue weighted by Crippen LogP contribution is -2.25. The molecule has 1 saturated heterocycles. The predicted molar refractivity (Wildman–Crippen MR) is 118 cm³/mol. The number of halogens is 1. The Hall–Kier alpha value is -4.08. The number of nitrogens with zero attached hydrogens (tertiary/aromatic N) is 6. The lowest BCUT2D eigenvalue weighted by Gasteiger charge is -2.16. The zero-order valence-corrected chi connectivity index (χ0v) is 17.5. The Morgan fingerprint density at radius 1 is 1.41 bits per heavy atom. The van der Waals surface area contributed by atoms with Gasteiger partial charge in [0.1, 0.15) is 29.2 Å². The van der Waals surface area contributed by atoms with Gasteiger partial charge in [0.2, 0.25) is 5.91 Å². The summed E-state index contributed by atoms with van der Waals surface area (Å²) >= 11 is 0. The molecule has 32 heavy (non-hydrogen) atoms. The molecular formula is C22H22FN7O2. The molecule has 10 heteroatoms. The van der Waals surface area contributed by atoms with Gasteiger partial charge < -0.3 is 15.2 Å². The number of nitrogens with two attached hydrogens (primary N) is 1. The lowest BCUT2D eigenvalue weighted by molar-refractivity contribution is -0.117. The molecule has 1 fully saturated rings. The van der Waals surface area contributed by atoms with E-state index in [1.54, 1.807) is 40.8 Å². The number of allylic oxidation sites excluding steroid dienone is 5. The van der Waals surface area contributed by atoms with E-state index >= 15 is 0 Å². The fourth-order valence-corrected chi connectivity index (χ4v) is 3.38. The van der Waals surface area contributed by atoms with Crippen molar-refractivity contribution in [2.24, 2.45) is 0 Å². The second kappa shape index (κ2) is 8.96. The number of nitrogen functional groups attached to an aromatic ring is 1. The molecule has 3 aromatic rings. The largest absolute Gasteiger partial charge is 0.382 e. The summed E-state index contributed by atoms with van der Waals surface area (Å²) < 4.78 is 20.8. The highest BCUT2D eigenvalue weighted by atomic mass is 19.1. The highest BCUT2D eigenvalue weighted by Gasteiger charge is 2.25. The van der Waals surface area contributed by atoms with E-state index in [0.717, 1.165) is 6.42 Å². The SMILES string of the molecule is C=C(Cn1nc(-c2ncc(N3CCCC3=O)c(N)n2)cc1-c1ccon1)/C(F)=C\C=C/C. The average molecular weight is 435 g/mol. The van der Waals surface area contributed by atoms with Crippen molar-refractivity contribution in [3.8, 4) is 22.9 Å². The Labute approximate surface area is 183 Å². The van der Waals surface area contributed by atoms with Crippen LogP contribution in [0.4, 0.5) is 15.9 Å². The number of rotatable bonds is 7. The number of carbonyl (C=O) groups excluding carboxylic acids is 1. The summed E-state index contributed by atoms with van der Waals surface area (Å²) in [6.45, 7) is 6.28. The Morgan fingerprint density at radius 2 is 2.25 bits per heavy atom. The van der Waals surface area contributed by atoms with Gasteiger partial charge in [-0.1, -0.05) is 23.9 Å². The molecule has 9 nitrogen and oxygen atoms in total. The van der Waals surface area contributed by atoms with Gasteiger partial charge in [-0.3, -0.25) is 9.48 Å². The van der Waals surface area contributed by atoms with Crippen LogP contribution in [0.25, 0.3) is 22.9 Å². The molecule has 0 atom stereocenters. The van der Waals surface area contributed by atoms with Gasteiger partial charge in [-0.2, -0.15) is 5.10 Å². The van der Waals surface area contributed by atoms with Crippen molar-refractivity contribution in [3.63, 3.8) is 0 Å². The van der Waals surface area contributed by atoms with E-state index in [-0.39, 0.29) is 29.7 Å². The van der Waals surface area contributed by atoms with Crippen molar-refractivity contribution in [2.45, 2.75) is 26.3 Å². The minimum atomic E-state index is -0.452. The van der Waals surface area contributed by atoms with Gasteiger partial charge in [0.05, 0.1) is 18.4 Å². The van der Waals surface area contributed by atoms with E-state index in [1.165, 1.54) is 18.5 Å². The van der Waals surface area contributed by atoms with E-state index in [1.807, 2.05) is 0 Å². The zero-order chi connectivity index (χ0) is 22.7. The van der Waals surface area contributed by atoms with E-state index in [0.29, 0.717) is 35.7 Å². The van der Waals surface area contributed by atoms with Crippen LogP contribution in [-0.4, -0.2) is 37.4 Å². The van der Waals surface area contributed by atoms with Crippen molar-refractivity contribution in [3.05, 3.63) is 60.8 Å². The van der Waals surface area contributed by atoms with Gasteiger partial charge in [-0.05, 0) is 25.5 Å². The first-order valence-corrected chi connectivity index (χ1v) is 10.1. The van der Waals surface area contributed by atoms with Crippen LogP contribution in [0, 0.1) is 0 Å². The Kier molecular flexibility index (Phi) is 5.93. The Morgan fingerprint density at radius 3 is 2.91 bits per heavy atom. The van der Waals surface area contributed by atoms with Gasteiger partial charge in [-0.25, -0.2) is 14.4 Å². The summed E-state index contributed by atoms with van der Waals surface area (Å²) in [5.74, 6) is 0.00741. The van der Waals surface area contributed by atoms with E-state index in [9.17, 15) is 9.18 Å². The quantitative estimate of drug-likeness (QED) is 0.563. The highest BCUT2D eigenvalue weighted by molar-refractivity contribution is 5.97. The maximum absolute atomic E-state index is 14.3. The molecule has 0 unspecified atom stereocenters. The first-order valence-electron chi connectivity index (χ1n) is 10.1. The van der Waals surface area contributed by atoms with Crippen LogP contribution in [0.2, 0.25) is 0 Å². The Balaban J connectivity index is 1.68. The van der Waals surface area contributed by atoms with Crippen LogP contribution < -0.4 is 10.6 Å². The number of amides is 1. The smallest absolute Gasteiger partial charge is 0.227 e. The average Bonchev–Trinajstić information content (AvgIpc) is 3.53. The first-order chi connectivity index (χ1) is 15.5. The molecule has 0 aliphatic carbocycles. The molecule has 1 aliphatic rings. The third-order valence-electron chi connectivity index (χ3n) is 4.98. The molecule has 4 heterocycles. The molecule has 1 aliphatic heterocycles. The number of hydrogen-bond donors (Lipinski definition) is 1. The van der Waals surface area contributed by atoms with Crippen LogP contribution in [-0.2, 0) is 11.3 Å². The molecule has 164 valence electrons. The second-order valence-corrected chi connectivity index (χ2v) is 7.21. The summed E-state index contributed by atoms with van der Waals surface area (Å²) in [5.41, 5.74) is 8.36. The van der Waals surface area contributed by atoms with E-state index in [4.69, 9.17) is 10.3 Å². The Bertz CT molecular complexity index is 1210. The minimum Gasteiger partial charge on any atom is -0.382 e. The molecule has 0 aromatic carbocycles. The minimum absolute atomic E-state index is 0.00263. The molecule has 0 spiro atoms. The molecule has 0 bridgehead atoms. The molecular weight excluding hydrogens is 413 g/mol. The summed E-state index contributed by atoms with van der Waals surface area (Å²) in [4.78, 5) is 22.3. The zero-order valence-electron chi connectivity index (χ0n) is 17.5. The first kappa shape index (κ1) is 21.2. The van der Waals surface area contributed by atoms with Gasteiger partial charge >= 0.3 is 0 Å². The third kappa shape index (κ3) is 4.20. The lowest BCUT2D eigenvalue weighted by atomic mass is 10.2. The summed E-state index contributed by atoms with van der Waals surface area (Å²) in [6.07, 6.45) is 8.87. The molecule has 0 radical (unpaired) electrons. The number of hydrogen-bond acceptors (Lipinski definition) is 7. The monoisotopic (exact) mass is 435 g/mol. The normalized spacial score (nSPS) is 14.6. The molecule has 4 rings (SSSR count). The standard InChI is InChI=1S/C22H22FN7O2/c1-3-4-6-15(23)14(2)13-30-18(16-8-10-32-28-16)11-17(27-30)22-25-12-19(21(24)26-22)29-9-5-7-20(29)31/h3-4,6,8,10-12H,2,5,7,9,13H2,1H3,(H2,24,25,26)/b4-3-,15-6+. The van der Waals surface area contributed by atoms with Gasteiger partial charge in [0.15, 0.2) is 11.6 Å². The fourth-order valence-electron chi connectivity index (χ4n) is 3.38. The number of aromatic nitrogens is 5. The third-order valence-corrected chi connectivity index (χ3v) is 4.98. The van der Waals surface area contributed by atoms with Crippen LogP contribution in [0.3, 0.4) is 0 Å². The van der Waals surface area contributed by atoms with E-state index < -0.39 is 5.83 Å². The molecule has 0 saturated carbocycles. The maximum Gasteiger partial charge on any atom is 0.227 e. The topological polar surface area (TPSA) is 116 Å². The van der Waals surface area contributed by atoms with Crippen LogP contribution in [0.15, 0.2) is 65.3 Å². The van der Waals surface area contributed by atoms with E-state index in [2.05, 4.69) is 26.8 Å². The van der Waals surface area contributed by atoms with Gasteiger partial charge in [0.25, 0.3) is 0 Å². The van der Waals surface area contributed by atoms with Crippen molar-refractivity contribution in [1.29, 1.82) is 0 Å². The van der Waals surface area contributed by atoms with Crippen molar-refractivity contribution in [1.82, 2.24) is 24.9 Å². The predicted octanol–water partition coefficient (Wildman–Crippen LogP) is 3.69. The molecule has 2 N–H and O–H groups in total. The number of carbonyl (C=O) groups is 1. The van der Waals surface area contributed by atoms with Crippen molar-refractivity contribution < 1.29 is 13.7 Å². The highest BCUT2D eigenvalue weighted by Crippen LogP contribution is 2.29. The second-order valence-electron chi connectivity index (χ2n) is 7.21. The van der Waals surface area contributed by atoms with Crippen LogP contribution in [0.5, 0.6) is 0 Å². The molecule has 1 amide bonds. The molecule has 3 aromatic heterocycles. The summed E-state index contributed by atoms with van der Waals surface area (Å²) in [7, 11) is 0. The summed E-state index contributed by atoms with van der Waals surface area (Å²) in [5, 5.41) is 8.48. The fraction of sp³-hybridized carbons (Fsp3) is 0.227. The summed E-state index contributed by atoms with van der Waals surface area (Å²) in [6, 6.07) is 3.39. The van der Waals surface area contributed by atoms with Gasteiger partial charge in [-0.15, -0.1) is 0 Å². The van der Waals surface area contributed by atoms with Crippen LogP contribution in [0.1, 0.15) is 19.8 Å². The van der Waals surface area contributed by atoms with Gasteiger partial charge in [0, 0.05) is 24.6 Å². The van der Waals surface area contributed by atoms with Crippen LogP contribution >= 0.6 is 0 Å².